The molecule has 0 aromatic rings. The highest BCUT2D eigenvalue weighted by Gasteiger charge is 2.38. The van der Waals surface area contributed by atoms with E-state index in [1.54, 1.807) is 13.8 Å². The standard InChI is InChI=1S/C7H13BrO4/c1-4-11-7(8,12-5-2)6(9)10-3/h4-5H2,1-3H3. The molecule has 0 aliphatic rings. The first kappa shape index (κ1) is 11.9. The van der Waals surface area contributed by atoms with E-state index in [1.807, 2.05) is 0 Å². The summed E-state index contributed by atoms with van der Waals surface area (Å²) in [5, 5.41) is 0. The molecule has 72 valence electrons. The lowest BCUT2D eigenvalue weighted by Gasteiger charge is -2.23. The van der Waals surface area contributed by atoms with E-state index in [9.17, 15) is 4.79 Å². The quantitative estimate of drug-likeness (QED) is 0.413. The summed E-state index contributed by atoms with van der Waals surface area (Å²) in [5.74, 6) is -0.591. The highest BCUT2D eigenvalue weighted by molar-refractivity contribution is 9.10. The summed E-state index contributed by atoms with van der Waals surface area (Å²) in [6.45, 7) is 4.25. The number of esters is 1. The minimum Gasteiger partial charge on any atom is -0.464 e. The van der Waals surface area contributed by atoms with E-state index in [0.29, 0.717) is 13.2 Å². The zero-order valence-electron chi connectivity index (χ0n) is 7.43. The minimum atomic E-state index is -1.44. The van der Waals surface area contributed by atoms with Gasteiger partial charge in [0.1, 0.15) is 0 Å². The van der Waals surface area contributed by atoms with Crippen LogP contribution in [0.4, 0.5) is 0 Å². The zero-order chi connectivity index (χ0) is 9.61. The summed E-state index contributed by atoms with van der Waals surface area (Å²) in [4.78, 5) is 11.1. The SMILES string of the molecule is CCOC(Br)(OCC)C(=O)OC. The molecule has 0 aromatic heterocycles. The summed E-state index contributed by atoms with van der Waals surface area (Å²) in [6.07, 6.45) is 0. The third-order valence-corrected chi connectivity index (χ3v) is 1.87. The van der Waals surface area contributed by atoms with E-state index in [1.165, 1.54) is 7.11 Å². The number of hydrogen-bond donors (Lipinski definition) is 0. The molecule has 0 bridgehead atoms. The average Bonchev–Trinajstić information content (AvgIpc) is 2.04. The van der Waals surface area contributed by atoms with Crippen LogP contribution >= 0.6 is 15.9 Å². The largest absolute Gasteiger partial charge is 0.464 e. The molecule has 0 aliphatic heterocycles. The van der Waals surface area contributed by atoms with Crippen LogP contribution in [-0.4, -0.2) is 31.0 Å². The van der Waals surface area contributed by atoms with Crippen molar-refractivity contribution >= 4 is 21.9 Å². The van der Waals surface area contributed by atoms with Crippen LogP contribution in [-0.2, 0) is 19.0 Å². The van der Waals surface area contributed by atoms with Gasteiger partial charge in [-0.3, -0.25) is 0 Å². The Balaban J connectivity index is 4.26. The number of alkyl halides is 1. The average molecular weight is 241 g/mol. The van der Waals surface area contributed by atoms with Gasteiger partial charge in [0.05, 0.1) is 7.11 Å². The first-order valence-corrected chi connectivity index (χ1v) is 4.45. The van der Waals surface area contributed by atoms with Gasteiger partial charge in [-0.15, -0.1) is 0 Å². The number of hydrogen-bond acceptors (Lipinski definition) is 4. The number of carbonyl (C=O) groups is 1. The van der Waals surface area contributed by atoms with Crippen LogP contribution in [0.25, 0.3) is 0 Å². The molecule has 0 unspecified atom stereocenters. The van der Waals surface area contributed by atoms with E-state index in [2.05, 4.69) is 20.7 Å². The molecular weight excluding hydrogens is 228 g/mol. The van der Waals surface area contributed by atoms with Crippen LogP contribution in [0.15, 0.2) is 0 Å². The van der Waals surface area contributed by atoms with Crippen LogP contribution in [0, 0.1) is 0 Å². The second-order valence-electron chi connectivity index (χ2n) is 1.89. The maximum atomic E-state index is 11.1. The summed E-state index contributed by atoms with van der Waals surface area (Å²) in [5.41, 5.74) is 0. The fourth-order valence-electron chi connectivity index (χ4n) is 0.653. The molecule has 0 saturated carbocycles. The van der Waals surface area contributed by atoms with Crippen molar-refractivity contribution in [2.24, 2.45) is 0 Å². The number of ether oxygens (including phenoxy) is 3. The van der Waals surface area contributed by atoms with Crippen LogP contribution in [0.1, 0.15) is 13.8 Å². The molecule has 0 atom stereocenters. The number of methoxy groups -OCH3 is 1. The lowest BCUT2D eigenvalue weighted by Crippen LogP contribution is -2.39. The fourth-order valence-corrected chi connectivity index (χ4v) is 1.27. The predicted molar refractivity (Wildman–Crippen MR) is 46.9 cm³/mol. The molecule has 0 N–H and O–H groups in total. The Morgan fingerprint density at radius 3 is 2.00 bits per heavy atom. The molecule has 4 nitrogen and oxygen atoms in total. The molecule has 0 aliphatic carbocycles. The van der Waals surface area contributed by atoms with Gasteiger partial charge in [0.15, 0.2) is 0 Å². The Kier molecular flexibility index (Phi) is 5.44. The lowest BCUT2D eigenvalue weighted by atomic mass is 10.6. The summed E-state index contributed by atoms with van der Waals surface area (Å²) in [6, 6.07) is 0. The second kappa shape index (κ2) is 5.50. The first-order chi connectivity index (χ1) is 5.60. The lowest BCUT2D eigenvalue weighted by molar-refractivity contribution is -0.201. The molecule has 0 fully saturated rings. The molecule has 5 heteroatoms. The number of carbonyl (C=O) groups excluding carboxylic acids is 1. The van der Waals surface area contributed by atoms with E-state index >= 15 is 0 Å². The van der Waals surface area contributed by atoms with Gasteiger partial charge in [0, 0.05) is 13.2 Å². The van der Waals surface area contributed by atoms with Crippen molar-refractivity contribution in [1.29, 1.82) is 0 Å². The van der Waals surface area contributed by atoms with Crippen molar-refractivity contribution in [3.63, 3.8) is 0 Å². The molecule has 0 rings (SSSR count). The molecular formula is C7H13BrO4. The molecule has 0 saturated heterocycles. The van der Waals surface area contributed by atoms with Crippen molar-refractivity contribution < 1.29 is 19.0 Å². The van der Waals surface area contributed by atoms with Gasteiger partial charge in [-0.2, -0.15) is 0 Å². The Morgan fingerprint density at radius 2 is 1.75 bits per heavy atom. The monoisotopic (exact) mass is 240 g/mol. The van der Waals surface area contributed by atoms with Crippen LogP contribution in [0.2, 0.25) is 0 Å². The van der Waals surface area contributed by atoms with Crippen molar-refractivity contribution in [3.05, 3.63) is 0 Å². The van der Waals surface area contributed by atoms with Crippen LogP contribution in [0.3, 0.4) is 0 Å². The van der Waals surface area contributed by atoms with Gasteiger partial charge in [0.2, 0.25) is 0 Å². The summed E-state index contributed by atoms with van der Waals surface area (Å²) >= 11 is 3.01. The normalized spacial score (nSPS) is 11.3. The topological polar surface area (TPSA) is 44.8 Å². The Morgan fingerprint density at radius 1 is 1.33 bits per heavy atom. The highest BCUT2D eigenvalue weighted by Crippen LogP contribution is 2.23. The molecule has 12 heavy (non-hydrogen) atoms. The van der Waals surface area contributed by atoms with Gasteiger partial charge >= 0.3 is 10.7 Å². The number of rotatable bonds is 5. The Hall–Kier alpha value is -0.130. The van der Waals surface area contributed by atoms with Gasteiger partial charge in [-0.25, -0.2) is 4.79 Å². The molecule has 0 spiro atoms. The van der Waals surface area contributed by atoms with Gasteiger partial charge < -0.3 is 14.2 Å². The van der Waals surface area contributed by atoms with Crippen molar-refractivity contribution in [1.82, 2.24) is 0 Å². The van der Waals surface area contributed by atoms with Gasteiger partial charge in [-0.1, -0.05) is 0 Å². The fraction of sp³-hybridized carbons (Fsp3) is 0.857. The Labute approximate surface area is 80.3 Å². The summed E-state index contributed by atoms with van der Waals surface area (Å²) < 4.78 is 13.1. The van der Waals surface area contributed by atoms with Crippen molar-refractivity contribution in [3.8, 4) is 0 Å². The maximum Gasteiger partial charge on any atom is 0.378 e. The third kappa shape index (κ3) is 3.08. The highest BCUT2D eigenvalue weighted by atomic mass is 79.9. The smallest absolute Gasteiger partial charge is 0.378 e. The van der Waals surface area contributed by atoms with E-state index in [-0.39, 0.29) is 0 Å². The van der Waals surface area contributed by atoms with E-state index < -0.39 is 10.7 Å². The van der Waals surface area contributed by atoms with Crippen molar-refractivity contribution in [2.45, 2.75) is 18.5 Å². The Bertz CT molecular complexity index is 142. The van der Waals surface area contributed by atoms with Crippen LogP contribution in [0.5, 0.6) is 0 Å². The maximum absolute atomic E-state index is 11.1. The predicted octanol–water partition coefficient (Wildman–Crippen LogP) is 1.28. The van der Waals surface area contributed by atoms with Crippen molar-refractivity contribution in [2.75, 3.05) is 20.3 Å². The van der Waals surface area contributed by atoms with Gasteiger partial charge in [0.25, 0.3) is 0 Å². The molecule has 0 heterocycles. The molecule has 0 radical (unpaired) electrons. The van der Waals surface area contributed by atoms with E-state index in [4.69, 9.17) is 9.47 Å². The third-order valence-electron chi connectivity index (χ3n) is 1.09. The van der Waals surface area contributed by atoms with E-state index in [0.717, 1.165) is 0 Å². The molecule has 0 aromatic carbocycles. The first-order valence-electron chi connectivity index (χ1n) is 3.66. The molecule has 0 amide bonds. The zero-order valence-corrected chi connectivity index (χ0v) is 9.01. The van der Waals surface area contributed by atoms with Crippen LogP contribution < -0.4 is 0 Å². The number of halogens is 1. The summed E-state index contributed by atoms with van der Waals surface area (Å²) in [7, 11) is 1.27. The second-order valence-corrected chi connectivity index (χ2v) is 2.94. The minimum absolute atomic E-state index is 0.361. The van der Waals surface area contributed by atoms with Gasteiger partial charge in [-0.05, 0) is 29.8 Å².